The van der Waals surface area contributed by atoms with E-state index in [0.29, 0.717) is 24.1 Å². The molecule has 0 aliphatic carbocycles. The van der Waals surface area contributed by atoms with Crippen molar-refractivity contribution in [3.8, 4) is 0 Å². The highest BCUT2D eigenvalue weighted by Crippen LogP contribution is 2.43. The number of amides is 1. The summed E-state index contributed by atoms with van der Waals surface area (Å²) in [4.78, 5) is 26.8. The number of carbonyl (C=O) groups excluding carboxylic acids is 1. The van der Waals surface area contributed by atoms with Gasteiger partial charge in [0.2, 0.25) is 0 Å². The van der Waals surface area contributed by atoms with Crippen molar-refractivity contribution in [1.29, 1.82) is 0 Å². The number of carbonyl (C=O) groups is 2. The third-order valence-corrected chi connectivity index (χ3v) is 5.24. The van der Waals surface area contributed by atoms with E-state index in [1.165, 1.54) is 11.0 Å². The predicted octanol–water partition coefficient (Wildman–Crippen LogP) is 4.91. The maximum Gasteiger partial charge on any atom is 0.313 e. The number of rotatable bonds is 7. The number of benzene rings is 2. The van der Waals surface area contributed by atoms with Gasteiger partial charge in [0.15, 0.2) is 11.6 Å². The van der Waals surface area contributed by atoms with Gasteiger partial charge < -0.3 is 10.0 Å². The summed E-state index contributed by atoms with van der Waals surface area (Å²) in [7, 11) is 0. The molecule has 0 spiro atoms. The first-order chi connectivity index (χ1) is 13.5. The molecule has 1 N–H and O–H groups in total. The molecule has 0 aromatic heterocycles. The van der Waals surface area contributed by atoms with Crippen molar-refractivity contribution in [3.63, 3.8) is 0 Å². The summed E-state index contributed by atoms with van der Waals surface area (Å²) < 4.78 is 27.4. The Balaban J connectivity index is 2.09. The number of hydrogen-bond donors (Lipinski definition) is 1. The summed E-state index contributed by atoms with van der Waals surface area (Å²) >= 11 is 0. The first-order valence-corrected chi connectivity index (χ1v) is 9.53. The minimum absolute atomic E-state index is 0.278. The zero-order valence-electron chi connectivity index (χ0n) is 15.7. The molecule has 3 rings (SSSR count). The van der Waals surface area contributed by atoms with Crippen LogP contribution in [-0.4, -0.2) is 28.4 Å². The highest BCUT2D eigenvalue weighted by Gasteiger charge is 2.44. The molecule has 28 heavy (non-hydrogen) atoms. The number of carboxylic acids is 1. The number of hydrogen-bond acceptors (Lipinski definition) is 2. The van der Waals surface area contributed by atoms with Crippen LogP contribution in [0.4, 0.5) is 8.78 Å². The van der Waals surface area contributed by atoms with Crippen LogP contribution in [0.25, 0.3) is 0 Å². The van der Waals surface area contributed by atoms with Crippen molar-refractivity contribution < 1.29 is 23.5 Å². The lowest BCUT2D eigenvalue weighted by Gasteiger charge is -2.41. The fraction of sp³-hybridized carbons (Fsp3) is 0.364. The van der Waals surface area contributed by atoms with Gasteiger partial charge in [0.05, 0.1) is 6.04 Å². The number of halogens is 2. The van der Waals surface area contributed by atoms with Crippen molar-refractivity contribution in [2.24, 2.45) is 0 Å². The molecule has 0 bridgehead atoms. The third-order valence-electron chi connectivity index (χ3n) is 5.24. The second-order valence-electron chi connectivity index (χ2n) is 7.08. The van der Waals surface area contributed by atoms with Crippen molar-refractivity contribution >= 4 is 11.9 Å². The highest BCUT2D eigenvalue weighted by atomic mass is 19.2. The minimum atomic E-state index is -1.10. The van der Waals surface area contributed by atoms with Gasteiger partial charge in [-0.15, -0.1) is 0 Å². The number of aliphatic carboxylic acids is 1. The van der Waals surface area contributed by atoms with Crippen LogP contribution < -0.4 is 0 Å². The van der Waals surface area contributed by atoms with E-state index in [4.69, 9.17) is 0 Å². The van der Waals surface area contributed by atoms with E-state index in [2.05, 4.69) is 6.92 Å². The van der Waals surface area contributed by atoms with Crippen LogP contribution in [0.5, 0.6) is 0 Å². The first kappa shape index (κ1) is 20.0. The minimum Gasteiger partial charge on any atom is -0.481 e. The van der Waals surface area contributed by atoms with Crippen molar-refractivity contribution in [1.82, 2.24) is 4.90 Å². The van der Waals surface area contributed by atoms with E-state index >= 15 is 0 Å². The van der Waals surface area contributed by atoms with Crippen molar-refractivity contribution in [2.45, 2.75) is 44.6 Å². The van der Waals surface area contributed by atoms with Crippen LogP contribution in [-0.2, 0) is 4.79 Å². The van der Waals surface area contributed by atoms with Crippen LogP contribution in [0.2, 0.25) is 0 Å². The van der Waals surface area contributed by atoms with Gasteiger partial charge in [-0.05, 0) is 35.7 Å². The average molecular weight is 387 g/mol. The average Bonchev–Trinajstić information content (AvgIpc) is 2.68. The summed E-state index contributed by atoms with van der Waals surface area (Å²) in [6.07, 6.45) is 3.66. The van der Waals surface area contributed by atoms with Gasteiger partial charge in [0.1, 0.15) is 5.92 Å². The van der Waals surface area contributed by atoms with E-state index in [9.17, 15) is 23.5 Å². The molecule has 4 nitrogen and oxygen atoms in total. The molecule has 0 fully saturated rings. The smallest absolute Gasteiger partial charge is 0.313 e. The lowest BCUT2D eigenvalue weighted by molar-refractivity contribution is -0.140. The standard InChI is InChI=1S/C22H23F2NO3/c1-2-3-4-7-12-25-20(14-10-11-17(23)18(24)13-14)19(22(27)28)15-8-5-6-9-16(15)21(25)26/h5-6,8-11,13,19-20H,2-4,7,12H2,1H3,(H,27,28). The zero-order valence-corrected chi connectivity index (χ0v) is 15.7. The van der Waals surface area contributed by atoms with Gasteiger partial charge in [-0.1, -0.05) is 50.5 Å². The Morgan fingerprint density at radius 3 is 2.50 bits per heavy atom. The van der Waals surface area contributed by atoms with Gasteiger partial charge in [0, 0.05) is 12.1 Å². The molecule has 148 valence electrons. The highest BCUT2D eigenvalue weighted by molar-refractivity contribution is 6.00. The van der Waals surface area contributed by atoms with Crippen LogP contribution in [0, 0.1) is 11.6 Å². The SMILES string of the molecule is CCCCCCN1C(=O)c2ccccc2C(C(=O)O)C1c1ccc(F)c(F)c1. The maximum atomic E-state index is 13.9. The Bertz CT molecular complexity index is 884. The van der Waals surface area contributed by atoms with Crippen LogP contribution in [0.3, 0.4) is 0 Å². The van der Waals surface area contributed by atoms with E-state index in [1.807, 2.05) is 0 Å². The number of fused-ring (bicyclic) bond motifs is 1. The molecule has 1 amide bonds. The summed E-state index contributed by atoms with van der Waals surface area (Å²) in [5.74, 6) is -4.50. The normalized spacial score (nSPS) is 18.8. The van der Waals surface area contributed by atoms with Gasteiger partial charge >= 0.3 is 5.97 Å². The monoisotopic (exact) mass is 387 g/mol. The molecule has 0 saturated carbocycles. The molecule has 6 heteroatoms. The molecule has 1 aliphatic heterocycles. The molecule has 2 atom stereocenters. The summed E-state index contributed by atoms with van der Waals surface area (Å²) in [5.41, 5.74) is 1.04. The number of carboxylic acid groups (broad SMARTS) is 1. The zero-order chi connectivity index (χ0) is 20.3. The molecule has 2 unspecified atom stereocenters. The van der Waals surface area contributed by atoms with E-state index in [0.717, 1.165) is 31.4 Å². The van der Waals surface area contributed by atoms with Gasteiger partial charge in [-0.3, -0.25) is 9.59 Å². The first-order valence-electron chi connectivity index (χ1n) is 9.53. The van der Waals surface area contributed by atoms with Crippen LogP contribution in [0.15, 0.2) is 42.5 Å². The summed E-state index contributed by atoms with van der Waals surface area (Å²) in [5, 5.41) is 9.95. The molecule has 2 aromatic carbocycles. The molecule has 2 aromatic rings. The van der Waals surface area contributed by atoms with E-state index in [1.54, 1.807) is 24.3 Å². The molecule has 1 aliphatic rings. The number of unbranched alkanes of at least 4 members (excludes halogenated alkanes) is 3. The van der Waals surface area contributed by atoms with Crippen LogP contribution >= 0.6 is 0 Å². The second-order valence-corrected chi connectivity index (χ2v) is 7.08. The van der Waals surface area contributed by atoms with Crippen LogP contribution in [0.1, 0.15) is 66.1 Å². The predicted molar refractivity (Wildman–Crippen MR) is 101 cm³/mol. The lowest BCUT2D eigenvalue weighted by Crippen LogP contribution is -2.45. The topological polar surface area (TPSA) is 57.6 Å². The molecular formula is C22H23F2NO3. The Hall–Kier alpha value is -2.76. The Labute approximate surface area is 162 Å². The third kappa shape index (κ3) is 3.77. The maximum absolute atomic E-state index is 13.9. The van der Waals surface area contributed by atoms with Crippen molar-refractivity contribution in [2.75, 3.05) is 6.54 Å². The quantitative estimate of drug-likeness (QED) is 0.687. The van der Waals surface area contributed by atoms with E-state index < -0.39 is 29.6 Å². The van der Waals surface area contributed by atoms with Gasteiger partial charge in [-0.2, -0.15) is 0 Å². The molecule has 1 heterocycles. The summed E-state index contributed by atoms with van der Waals surface area (Å²) in [6, 6.07) is 9.06. The Morgan fingerprint density at radius 1 is 1.07 bits per heavy atom. The fourth-order valence-corrected chi connectivity index (χ4v) is 3.88. The number of nitrogens with zero attached hydrogens (tertiary/aromatic N) is 1. The van der Waals surface area contributed by atoms with Gasteiger partial charge in [0.25, 0.3) is 5.91 Å². The van der Waals surface area contributed by atoms with Gasteiger partial charge in [-0.25, -0.2) is 8.78 Å². The fourth-order valence-electron chi connectivity index (χ4n) is 3.88. The molecule has 0 saturated heterocycles. The molecular weight excluding hydrogens is 364 g/mol. The van der Waals surface area contributed by atoms with Crippen molar-refractivity contribution in [3.05, 3.63) is 70.8 Å². The van der Waals surface area contributed by atoms with E-state index in [-0.39, 0.29) is 11.5 Å². The second kappa shape index (κ2) is 8.50. The Kier molecular flexibility index (Phi) is 6.07. The largest absolute Gasteiger partial charge is 0.481 e. The lowest BCUT2D eigenvalue weighted by atomic mass is 9.79. The Morgan fingerprint density at radius 2 is 1.82 bits per heavy atom. The summed E-state index contributed by atoms with van der Waals surface area (Å²) in [6.45, 7) is 2.44. The molecule has 0 radical (unpaired) electrons.